The average molecular weight is 455 g/mol. The number of nitrogens with zero attached hydrogens (tertiary/aromatic N) is 5. The van der Waals surface area contributed by atoms with Crippen molar-refractivity contribution in [3.05, 3.63) is 66.9 Å². The smallest absolute Gasteiger partial charge is 0.255 e. The third-order valence-electron chi connectivity index (χ3n) is 6.03. The summed E-state index contributed by atoms with van der Waals surface area (Å²) in [5.74, 6) is 0.543. The summed E-state index contributed by atoms with van der Waals surface area (Å²) in [4.78, 5) is 32.8. The van der Waals surface area contributed by atoms with E-state index in [1.807, 2.05) is 41.3 Å². The lowest BCUT2D eigenvalue weighted by Crippen LogP contribution is -2.58. The molecule has 4 heterocycles. The van der Waals surface area contributed by atoms with E-state index in [1.165, 1.54) is 0 Å². The Kier molecular flexibility index (Phi) is 5.67. The van der Waals surface area contributed by atoms with Crippen LogP contribution in [0.4, 0.5) is 0 Å². The Morgan fingerprint density at radius 1 is 1.00 bits per heavy atom. The zero-order chi connectivity index (χ0) is 23.7. The van der Waals surface area contributed by atoms with Crippen molar-refractivity contribution in [2.24, 2.45) is 0 Å². The lowest BCUT2D eigenvalue weighted by atomic mass is 10.00. The SMILES string of the molecule is COc1ccc(-c2ccc3ncnc(-c4cncc(C(=O)N5CCNC(C)(C)C5)c4)c3c2)cn1. The quantitative estimate of drug-likeness (QED) is 0.504. The van der Waals surface area contributed by atoms with Crippen molar-refractivity contribution < 1.29 is 9.53 Å². The Hall–Kier alpha value is -3.91. The Balaban J connectivity index is 1.52. The first-order valence-electron chi connectivity index (χ1n) is 11.2. The van der Waals surface area contributed by atoms with E-state index in [0.717, 1.165) is 39.8 Å². The molecule has 0 spiro atoms. The van der Waals surface area contributed by atoms with Crippen molar-refractivity contribution in [3.8, 4) is 28.3 Å². The lowest BCUT2D eigenvalue weighted by molar-refractivity contribution is 0.0652. The molecule has 1 aliphatic rings. The fraction of sp³-hybridized carbons (Fsp3) is 0.269. The minimum Gasteiger partial charge on any atom is -0.481 e. The summed E-state index contributed by atoms with van der Waals surface area (Å²) in [5.41, 5.74) is 4.71. The number of rotatable bonds is 4. The molecule has 1 aliphatic heterocycles. The molecule has 0 bridgehead atoms. The minimum absolute atomic E-state index is 0.0210. The van der Waals surface area contributed by atoms with Crippen molar-refractivity contribution in [1.82, 2.24) is 30.2 Å². The molecule has 8 nitrogen and oxygen atoms in total. The number of carbonyl (C=O) groups is 1. The summed E-state index contributed by atoms with van der Waals surface area (Å²) in [6.45, 7) is 6.29. The largest absolute Gasteiger partial charge is 0.481 e. The van der Waals surface area contributed by atoms with Gasteiger partial charge in [-0.1, -0.05) is 6.07 Å². The van der Waals surface area contributed by atoms with E-state index in [9.17, 15) is 4.79 Å². The minimum atomic E-state index is -0.117. The number of piperazine rings is 1. The number of nitrogens with one attached hydrogen (secondary N) is 1. The summed E-state index contributed by atoms with van der Waals surface area (Å²) >= 11 is 0. The monoisotopic (exact) mass is 454 g/mol. The molecular formula is C26H26N6O2. The van der Waals surface area contributed by atoms with Crippen molar-refractivity contribution >= 4 is 16.8 Å². The van der Waals surface area contributed by atoms with Gasteiger partial charge in [-0.3, -0.25) is 9.78 Å². The van der Waals surface area contributed by atoms with Crippen molar-refractivity contribution in [3.63, 3.8) is 0 Å². The van der Waals surface area contributed by atoms with E-state index in [4.69, 9.17) is 4.74 Å². The van der Waals surface area contributed by atoms with E-state index < -0.39 is 0 Å². The molecule has 3 aromatic heterocycles. The van der Waals surface area contributed by atoms with Crippen LogP contribution in [0.5, 0.6) is 5.88 Å². The van der Waals surface area contributed by atoms with Gasteiger partial charge in [-0.25, -0.2) is 15.0 Å². The van der Waals surface area contributed by atoms with Crippen LogP contribution in [0.2, 0.25) is 0 Å². The first kappa shape index (κ1) is 21.9. The highest BCUT2D eigenvalue weighted by atomic mass is 16.5. The van der Waals surface area contributed by atoms with Crippen LogP contribution in [0.15, 0.2) is 61.3 Å². The predicted molar refractivity (Wildman–Crippen MR) is 131 cm³/mol. The third kappa shape index (κ3) is 4.32. The molecule has 8 heteroatoms. The predicted octanol–water partition coefficient (Wildman–Crippen LogP) is 3.59. The standard InChI is InChI=1S/C26H26N6O2/c1-26(2)15-32(9-8-31-26)25(33)20-10-19(12-27-13-20)24-21-11-17(4-6-22(21)29-16-30-24)18-5-7-23(34-3)28-14-18/h4-7,10-14,16,31H,8-9,15H2,1-3H3. The van der Waals surface area contributed by atoms with Gasteiger partial charge in [0.25, 0.3) is 5.91 Å². The van der Waals surface area contributed by atoms with Crippen LogP contribution >= 0.6 is 0 Å². The average Bonchev–Trinajstić information content (AvgIpc) is 2.87. The molecule has 4 aromatic rings. The number of carbonyl (C=O) groups excluding carboxylic acids is 1. The van der Waals surface area contributed by atoms with E-state index in [0.29, 0.717) is 24.5 Å². The number of ether oxygens (including phenoxy) is 1. The second-order valence-electron chi connectivity index (χ2n) is 9.04. The molecule has 34 heavy (non-hydrogen) atoms. The highest BCUT2D eigenvalue weighted by molar-refractivity contribution is 5.98. The van der Waals surface area contributed by atoms with Crippen LogP contribution in [0.25, 0.3) is 33.3 Å². The molecule has 0 aliphatic carbocycles. The van der Waals surface area contributed by atoms with Crippen LogP contribution in [0.3, 0.4) is 0 Å². The van der Waals surface area contributed by atoms with Gasteiger partial charge >= 0.3 is 0 Å². The first-order valence-corrected chi connectivity index (χ1v) is 11.2. The van der Waals surface area contributed by atoms with Crippen LogP contribution in [-0.2, 0) is 0 Å². The molecule has 0 saturated carbocycles. The molecule has 1 fully saturated rings. The molecular weight excluding hydrogens is 428 g/mol. The van der Waals surface area contributed by atoms with E-state index in [1.54, 1.807) is 32.0 Å². The molecule has 0 unspecified atom stereocenters. The van der Waals surface area contributed by atoms with Crippen LogP contribution in [-0.4, -0.2) is 63.0 Å². The lowest BCUT2D eigenvalue weighted by Gasteiger charge is -2.39. The molecule has 5 rings (SSSR count). The number of hydrogen-bond donors (Lipinski definition) is 1. The summed E-state index contributed by atoms with van der Waals surface area (Å²) in [6.07, 6.45) is 6.68. The van der Waals surface area contributed by atoms with Crippen molar-refractivity contribution in [2.45, 2.75) is 19.4 Å². The number of aromatic nitrogens is 4. The molecule has 1 amide bonds. The Morgan fingerprint density at radius 2 is 1.85 bits per heavy atom. The van der Waals surface area contributed by atoms with Crippen molar-refractivity contribution in [1.29, 1.82) is 0 Å². The second kappa shape index (κ2) is 8.79. The maximum atomic E-state index is 13.2. The van der Waals surface area contributed by atoms with Gasteiger partial charge in [0.1, 0.15) is 6.33 Å². The van der Waals surface area contributed by atoms with Crippen molar-refractivity contribution in [2.75, 3.05) is 26.7 Å². The van der Waals surface area contributed by atoms with Gasteiger partial charge in [0.05, 0.1) is 23.9 Å². The number of fused-ring (bicyclic) bond motifs is 1. The van der Waals surface area contributed by atoms with Crippen LogP contribution in [0, 0.1) is 0 Å². The van der Waals surface area contributed by atoms with Gasteiger partial charge < -0.3 is 15.0 Å². The van der Waals surface area contributed by atoms with Crippen LogP contribution in [0.1, 0.15) is 24.2 Å². The van der Waals surface area contributed by atoms with Gasteiger partial charge in [-0.15, -0.1) is 0 Å². The highest BCUT2D eigenvalue weighted by Gasteiger charge is 2.29. The summed E-state index contributed by atoms with van der Waals surface area (Å²) < 4.78 is 5.17. The molecule has 0 atom stereocenters. The second-order valence-corrected chi connectivity index (χ2v) is 9.04. The number of benzene rings is 1. The zero-order valence-corrected chi connectivity index (χ0v) is 19.4. The molecule has 1 N–H and O–H groups in total. The van der Waals surface area contributed by atoms with Crippen LogP contribution < -0.4 is 10.1 Å². The topological polar surface area (TPSA) is 93.1 Å². The Morgan fingerprint density at radius 3 is 2.62 bits per heavy atom. The van der Waals surface area contributed by atoms with E-state index in [-0.39, 0.29) is 11.4 Å². The molecule has 172 valence electrons. The zero-order valence-electron chi connectivity index (χ0n) is 19.4. The molecule has 1 saturated heterocycles. The Labute approximate surface area is 198 Å². The molecule has 1 aromatic carbocycles. The molecule has 0 radical (unpaired) electrons. The fourth-order valence-corrected chi connectivity index (χ4v) is 4.32. The maximum Gasteiger partial charge on any atom is 0.255 e. The normalized spacial score (nSPS) is 15.3. The van der Waals surface area contributed by atoms with Gasteiger partial charge in [0.15, 0.2) is 0 Å². The van der Waals surface area contributed by atoms with E-state index >= 15 is 0 Å². The number of pyridine rings is 2. The third-order valence-corrected chi connectivity index (χ3v) is 6.03. The number of hydrogen-bond acceptors (Lipinski definition) is 7. The van der Waals surface area contributed by atoms with Gasteiger partial charge in [0.2, 0.25) is 5.88 Å². The number of amides is 1. The fourth-order valence-electron chi connectivity index (χ4n) is 4.32. The summed E-state index contributed by atoms with van der Waals surface area (Å²) in [7, 11) is 1.59. The Bertz CT molecular complexity index is 1350. The van der Waals surface area contributed by atoms with Gasteiger partial charge in [-0.2, -0.15) is 0 Å². The summed E-state index contributed by atoms with van der Waals surface area (Å²) in [5, 5.41) is 4.32. The highest BCUT2D eigenvalue weighted by Crippen LogP contribution is 2.30. The first-order chi connectivity index (χ1) is 16.4. The number of methoxy groups -OCH3 is 1. The maximum absolute atomic E-state index is 13.2. The van der Waals surface area contributed by atoms with Gasteiger partial charge in [0, 0.05) is 66.3 Å². The van der Waals surface area contributed by atoms with Gasteiger partial charge in [-0.05, 0) is 43.7 Å². The summed E-state index contributed by atoms with van der Waals surface area (Å²) in [6, 6.07) is 11.7. The van der Waals surface area contributed by atoms with E-state index in [2.05, 4.69) is 39.1 Å².